The Labute approximate surface area is 237 Å². The molecule has 7 aromatic rings. The number of rotatable bonds is 2. The number of para-hydroxylation sites is 3. The van der Waals surface area contributed by atoms with E-state index in [-0.39, 0.29) is 0 Å². The molecule has 0 N–H and O–H groups in total. The molecule has 4 nitrogen and oxygen atoms in total. The summed E-state index contributed by atoms with van der Waals surface area (Å²) >= 11 is 0. The van der Waals surface area contributed by atoms with Gasteiger partial charge >= 0.3 is 0 Å². The van der Waals surface area contributed by atoms with E-state index in [0.717, 1.165) is 51.2 Å². The van der Waals surface area contributed by atoms with Crippen molar-refractivity contribution in [2.45, 2.75) is 13.3 Å². The topological polar surface area (TPSA) is 34.0 Å². The molecule has 2 aliphatic rings. The third-order valence-electron chi connectivity index (χ3n) is 8.70. The fourth-order valence-electron chi connectivity index (χ4n) is 6.88. The lowest BCUT2D eigenvalue weighted by Crippen LogP contribution is -2.17. The van der Waals surface area contributed by atoms with Gasteiger partial charge in [-0.15, -0.1) is 0 Å². The number of nitrogens with zero attached hydrogens (tertiary/aromatic N) is 4. The van der Waals surface area contributed by atoms with Crippen LogP contribution in [0.1, 0.15) is 18.2 Å². The quantitative estimate of drug-likeness (QED) is 0.210. The van der Waals surface area contributed by atoms with Crippen LogP contribution in [0.4, 0.5) is 17.2 Å². The summed E-state index contributed by atoms with van der Waals surface area (Å²) in [5.41, 5.74) is 10.4. The highest BCUT2D eigenvalue weighted by molar-refractivity contribution is 6.19. The summed E-state index contributed by atoms with van der Waals surface area (Å²) in [6, 6.07) is 36.8. The lowest BCUT2D eigenvalue weighted by atomic mass is 9.95. The zero-order chi connectivity index (χ0) is 27.1. The molecule has 0 spiro atoms. The number of pyridine rings is 2. The second-order valence-corrected chi connectivity index (χ2v) is 11.2. The van der Waals surface area contributed by atoms with Crippen LogP contribution in [0.2, 0.25) is 0 Å². The molecule has 4 heterocycles. The summed E-state index contributed by atoms with van der Waals surface area (Å²) in [5.74, 6) is 1.45. The molecule has 3 aromatic heterocycles. The molecule has 9 rings (SSSR count). The van der Waals surface area contributed by atoms with Crippen LogP contribution in [0.25, 0.3) is 55.6 Å². The number of allylic oxidation sites excluding steroid dienone is 1. The van der Waals surface area contributed by atoms with E-state index in [1.165, 1.54) is 33.2 Å². The zero-order valence-electron chi connectivity index (χ0n) is 22.6. The standard InChI is InChI=1S/C37H26N4/c1-23-14-19-28-27-9-3-6-12-32(27)40(34(28)22-23)24-15-17-25(18-16-24)41-33-13-7-4-10-30(33)36-35-29(20-21-38-36)26-8-2-5-11-31(26)39-37(35)41/h2-21,23H,22H2,1H3. The van der Waals surface area contributed by atoms with Crippen molar-refractivity contribution in [3.05, 3.63) is 127 Å². The van der Waals surface area contributed by atoms with Crippen molar-refractivity contribution in [2.24, 2.45) is 5.92 Å². The van der Waals surface area contributed by atoms with Gasteiger partial charge in [0, 0.05) is 45.2 Å². The van der Waals surface area contributed by atoms with Crippen molar-refractivity contribution >= 4 is 55.8 Å². The smallest absolute Gasteiger partial charge is 0.148 e. The van der Waals surface area contributed by atoms with Gasteiger partial charge in [0.05, 0.1) is 27.8 Å². The van der Waals surface area contributed by atoms with Crippen molar-refractivity contribution in [3.63, 3.8) is 0 Å². The second kappa shape index (κ2) is 8.39. The van der Waals surface area contributed by atoms with Crippen LogP contribution in [-0.2, 0) is 6.42 Å². The maximum Gasteiger partial charge on any atom is 0.148 e. The van der Waals surface area contributed by atoms with Crippen LogP contribution in [-0.4, -0.2) is 14.5 Å². The number of aromatic nitrogens is 3. The van der Waals surface area contributed by atoms with Crippen LogP contribution in [0.5, 0.6) is 0 Å². The molecule has 0 radical (unpaired) electrons. The van der Waals surface area contributed by atoms with Crippen LogP contribution in [0.15, 0.2) is 115 Å². The Balaban J connectivity index is 1.27. The second-order valence-electron chi connectivity index (χ2n) is 11.2. The van der Waals surface area contributed by atoms with Crippen LogP contribution < -0.4 is 4.90 Å². The average molecular weight is 527 g/mol. The summed E-state index contributed by atoms with van der Waals surface area (Å²) < 4.78 is 2.45. The summed E-state index contributed by atoms with van der Waals surface area (Å²) in [6.07, 6.45) is 7.60. The van der Waals surface area contributed by atoms with Crippen molar-refractivity contribution in [1.29, 1.82) is 0 Å². The molecule has 0 fully saturated rings. The first-order valence-corrected chi connectivity index (χ1v) is 14.2. The van der Waals surface area contributed by atoms with Gasteiger partial charge < -0.3 is 4.57 Å². The molecule has 194 valence electrons. The monoisotopic (exact) mass is 526 g/mol. The minimum absolute atomic E-state index is 0.518. The molecule has 1 aliphatic heterocycles. The number of anilines is 3. The Hall–Kier alpha value is -5.22. The molecule has 4 heteroatoms. The number of fused-ring (bicyclic) bond motifs is 7. The fraction of sp³-hybridized carbons (Fsp3) is 0.0811. The van der Waals surface area contributed by atoms with E-state index >= 15 is 0 Å². The van der Waals surface area contributed by atoms with E-state index < -0.39 is 0 Å². The van der Waals surface area contributed by atoms with Gasteiger partial charge in [-0.1, -0.05) is 73.7 Å². The summed E-state index contributed by atoms with van der Waals surface area (Å²) in [6.45, 7) is 2.29. The largest absolute Gasteiger partial charge is 0.313 e. The first-order chi connectivity index (χ1) is 20.3. The molecule has 0 saturated heterocycles. The van der Waals surface area contributed by atoms with Crippen molar-refractivity contribution in [2.75, 3.05) is 4.90 Å². The fourth-order valence-corrected chi connectivity index (χ4v) is 6.88. The van der Waals surface area contributed by atoms with E-state index in [4.69, 9.17) is 9.97 Å². The van der Waals surface area contributed by atoms with Crippen LogP contribution in [0.3, 0.4) is 0 Å². The third-order valence-corrected chi connectivity index (χ3v) is 8.70. The molecule has 41 heavy (non-hydrogen) atoms. The lowest BCUT2D eigenvalue weighted by molar-refractivity contribution is 0.690. The van der Waals surface area contributed by atoms with Gasteiger partial charge in [0.2, 0.25) is 0 Å². The molecule has 0 amide bonds. The van der Waals surface area contributed by atoms with Crippen LogP contribution >= 0.6 is 0 Å². The Bertz CT molecular complexity index is 2200. The molecular weight excluding hydrogens is 500 g/mol. The minimum Gasteiger partial charge on any atom is -0.313 e. The van der Waals surface area contributed by atoms with E-state index in [9.17, 15) is 0 Å². The van der Waals surface area contributed by atoms with Gasteiger partial charge in [0.15, 0.2) is 0 Å². The molecule has 4 aromatic carbocycles. The number of hydrogen-bond acceptors (Lipinski definition) is 3. The van der Waals surface area contributed by atoms with Gasteiger partial charge in [-0.05, 0) is 66.3 Å². The molecule has 1 unspecified atom stereocenters. The van der Waals surface area contributed by atoms with Gasteiger partial charge in [-0.3, -0.25) is 9.88 Å². The van der Waals surface area contributed by atoms with E-state index in [2.05, 4.69) is 132 Å². The first kappa shape index (κ1) is 22.6. The Morgan fingerprint density at radius 1 is 0.732 bits per heavy atom. The van der Waals surface area contributed by atoms with Gasteiger partial charge in [0.1, 0.15) is 5.82 Å². The lowest BCUT2D eigenvalue weighted by Gasteiger charge is -2.32. The Kier molecular flexibility index (Phi) is 4.62. The number of hydrogen-bond donors (Lipinski definition) is 0. The summed E-state index contributed by atoms with van der Waals surface area (Å²) in [5, 5.41) is 4.74. The van der Waals surface area contributed by atoms with Gasteiger partial charge in [0.25, 0.3) is 0 Å². The number of benzene rings is 4. The van der Waals surface area contributed by atoms with Gasteiger partial charge in [-0.25, -0.2) is 4.98 Å². The third kappa shape index (κ3) is 3.16. The maximum absolute atomic E-state index is 5.24. The predicted molar refractivity (Wildman–Crippen MR) is 169 cm³/mol. The van der Waals surface area contributed by atoms with Crippen molar-refractivity contribution in [3.8, 4) is 16.9 Å². The molecule has 0 saturated carbocycles. The van der Waals surface area contributed by atoms with E-state index in [1.807, 2.05) is 6.20 Å². The van der Waals surface area contributed by atoms with E-state index in [0.29, 0.717) is 5.92 Å². The van der Waals surface area contributed by atoms with Crippen molar-refractivity contribution in [1.82, 2.24) is 14.5 Å². The SMILES string of the molecule is CC1C=Cc2c(n(-c3ccc(N4c5ccccc5-c5nccc6c5c4nc4ccccc46)cc3)c3ccccc23)C1. The molecule has 1 aliphatic carbocycles. The minimum atomic E-state index is 0.518. The average Bonchev–Trinajstić information content (AvgIpc) is 3.35. The highest BCUT2D eigenvalue weighted by Crippen LogP contribution is 2.50. The van der Waals surface area contributed by atoms with Crippen molar-refractivity contribution < 1.29 is 0 Å². The molecule has 0 bridgehead atoms. The zero-order valence-corrected chi connectivity index (χ0v) is 22.6. The van der Waals surface area contributed by atoms with E-state index in [1.54, 1.807) is 0 Å². The highest BCUT2D eigenvalue weighted by atomic mass is 15.2. The van der Waals surface area contributed by atoms with Gasteiger partial charge in [-0.2, -0.15) is 0 Å². The normalized spacial score (nSPS) is 15.4. The molecular formula is C37H26N4. The predicted octanol–water partition coefficient (Wildman–Crippen LogP) is 9.38. The first-order valence-electron chi connectivity index (χ1n) is 14.2. The summed E-state index contributed by atoms with van der Waals surface area (Å²) in [4.78, 5) is 12.4. The Morgan fingerprint density at radius 2 is 1.49 bits per heavy atom. The van der Waals surface area contributed by atoms with Crippen LogP contribution in [0, 0.1) is 5.92 Å². The summed E-state index contributed by atoms with van der Waals surface area (Å²) in [7, 11) is 0. The highest BCUT2D eigenvalue weighted by Gasteiger charge is 2.29. The molecule has 1 atom stereocenters. The Morgan fingerprint density at radius 3 is 2.39 bits per heavy atom. The maximum atomic E-state index is 5.24.